The summed E-state index contributed by atoms with van der Waals surface area (Å²) >= 11 is 0. The van der Waals surface area contributed by atoms with Crippen molar-refractivity contribution >= 4 is 5.91 Å². The first-order valence-electron chi connectivity index (χ1n) is 10.3. The smallest absolute Gasteiger partial charge is 0.227 e. The highest BCUT2D eigenvalue weighted by molar-refractivity contribution is 5.79. The second-order valence-electron chi connectivity index (χ2n) is 7.68. The molecule has 0 bridgehead atoms. The van der Waals surface area contributed by atoms with Crippen molar-refractivity contribution in [2.24, 2.45) is 5.92 Å². The fraction of sp³-hybridized carbons (Fsp3) is 0.947. The summed E-state index contributed by atoms with van der Waals surface area (Å²) in [6.07, 6.45) is 4.53. The Hall–Kier alpha value is -0.730. The van der Waals surface area contributed by atoms with Gasteiger partial charge in [0.2, 0.25) is 5.91 Å². The van der Waals surface area contributed by atoms with E-state index in [-0.39, 0.29) is 12.5 Å². The predicted octanol–water partition coefficient (Wildman–Crippen LogP) is 0.0305. The molecule has 0 saturated carbocycles. The molecule has 26 heavy (non-hydrogen) atoms. The van der Waals surface area contributed by atoms with Crippen molar-refractivity contribution in [3.8, 4) is 0 Å². The van der Waals surface area contributed by atoms with Crippen LogP contribution in [0.2, 0.25) is 0 Å². The lowest BCUT2D eigenvalue weighted by atomic mass is 9.92. The van der Waals surface area contributed by atoms with Crippen LogP contribution >= 0.6 is 0 Å². The third-order valence-electron chi connectivity index (χ3n) is 5.99. The molecule has 3 aliphatic heterocycles. The van der Waals surface area contributed by atoms with Crippen LogP contribution < -0.4 is 0 Å². The average Bonchev–Trinajstić information content (AvgIpc) is 2.72. The summed E-state index contributed by atoms with van der Waals surface area (Å²) in [7, 11) is 0. The number of ether oxygens (including phenoxy) is 2. The fourth-order valence-electron chi connectivity index (χ4n) is 4.45. The van der Waals surface area contributed by atoms with Crippen LogP contribution in [0.5, 0.6) is 0 Å². The second kappa shape index (κ2) is 10.6. The van der Waals surface area contributed by atoms with E-state index in [1.165, 1.54) is 12.8 Å². The van der Waals surface area contributed by atoms with Gasteiger partial charge in [-0.3, -0.25) is 9.69 Å². The Bertz CT molecular complexity index is 423. The number of aliphatic hydroxyl groups excluding tert-OH is 1. The lowest BCUT2D eigenvalue weighted by Crippen LogP contribution is -2.52. The van der Waals surface area contributed by atoms with E-state index in [4.69, 9.17) is 14.6 Å². The SMILES string of the molecule is O=C([C@H]1CCCN(C2CCN(CCOCCO)CC2)C1)N1CCOCC1. The van der Waals surface area contributed by atoms with Gasteiger partial charge in [-0.05, 0) is 45.3 Å². The standard InChI is InChI=1S/C19H35N3O4/c23-11-15-26-12-8-20-6-3-18(4-7-20)22-5-1-2-17(16-22)19(24)21-9-13-25-14-10-21/h17-18,23H,1-16H2/t17-/m0/s1. The molecule has 0 unspecified atom stereocenters. The molecule has 3 fully saturated rings. The normalized spacial score (nSPS) is 27.0. The monoisotopic (exact) mass is 369 g/mol. The second-order valence-corrected chi connectivity index (χ2v) is 7.68. The maximum atomic E-state index is 12.8. The summed E-state index contributed by atoms with van der Waals surface area (Å²) in [6.45, 7) is 9.33. The Morgan fingerprint density at radius 3 is 2.54 bits per heavy atom. The van der Waals surface area contributed by atoms with Gasteiger partial charge >= 0.3 is 0 Å². The number of carbonyl (C=O) groups is 1. The molecule has 0 spiro atoms. The fourth-order valence-corrected chi connectivity index (χ4v) is 4.45. The summed E-state index contributed by atoms with van der Waals surface area (Å²) in [5.41, 5.74) is 0. The van der Waals surface area contributed by atoms with Gasteiger partial charge in [-0.1, -0.05) is 0 Å². The van der Waals surface area contributed by atoms with Gasteiger partial charge in [-0.25, -0.2) is 0 Å². The van der Waals surface area contributed by atoms with Gasteiger partial charge in [-0.2, -0.15) is 0 Å². The number of piperidine rings is 2. The summed E-state index contributed by atoms with van der Waals surface area (Å²) in [5.74, 6) is 0.517. The molecule has 3 heterocycles. The van der Waals surface area contributed by atoms with E-state index in [9.17, 15) is 4.79 Å². The van der Waals surface area contributed by atoms with E-state index < -0.39 is 0 Å². The van der Waals surface area contributed by atoms with Crippen molar-refractivity contribution in [1.82, 2.24) is 14.7 Å². The van der Waals surface area contributed by atoms with Gasteiger partial charge in [-0.15, -0.1) is 0 Å². The zero-order valence-corrected chi connectivity index (χ0v) is 16.0. The molecule has 0 aromatic rings. The highest BCUT2D eigenvalue weighted by atomic mass is 16.5. The number of likely N-dealkylation sites (tertiary alicyclic amines) is 2. The first-order valence-corrected chi connectivity index (χ1v) is 10.3. The van der Waals surface area contributed by atoms with Crippen molar-refractivity contribution in [2.45, 2.75) is 31.7 Å². The number of carbonyl (C=O) groups excluding carboxylic acids is 1. The van der Waals surface area contributed by atoms with E-state index >= 15 is 0 Å². The molecule has 1 amide bonds. The van der Waals surface area contributed by atoms with E-state index in [2.05, 4.69) is 9.80 Å². The summed E-state index contributed by atoms with van der Waals surface area (Å²) in [4.78, 5) is 19.8. The van der Waals surface area contributed by atoms with Crippen molar-refractivity contribution in [2.75, 3.05) is 78.8 Å². The molecular formula is C19H35N3O4. The zero-order valence-electron chi connectivity index (χ0n) is 16.0. The number of hydrogen-bond donors (Lipinski definition) is 1. The Balaban J connectivity index is 1.40. The minimum atomic E-state index is 0.0986. The summed E-state index contributed by atoms with van der Waals surface area (Å²) in [5, 5.41) is 8.75. The molecule has 7 nitrogen and oxygen atoms in total. The van der Waals surface area contributed by atoms with Crippen LogP contribution in [0, 0.1) is 5.92 Å². The van der Waals surface area contributed by atoms with Crippen molar-refractivity contribution in [3.05, 3.63) is 0 Å². The third-order valence-corrected chi connectivity index (χ3v) is 5.99. The lowest BCUT2D eigenvalue weighted by Gasteiger charge is -2.43. The molecule has 3 rings (SSSR count). The Labute approximate surface area is 157 Å². The number of nitrogens with zero attached hydrogens (tertiary/aromatic N) is 3. The topological polar surface area (TPSA) is 65.5 Å². The highest BCUT2D eigenvalue weighted by Crippen LogP contribution is 2.25. The van der Waals surface area contributed by atoms with Crippen molar-refractivity contribution in [1.29, 1.82) is 0 Å². The molecule has 0 radical (unpaired) electrons. The van der Waals surface area contributed by atoms with Crippen LogP contribution in [0.1, 0.15) is 25.7 Å². The zero-order chi connectivity index (χ0) is 18.2. The molecule has 3 saturated heterocycles. The lowest BCUT2D eigenvalue weighted by molar-refractivity contribution is -0.142. The Morgan fingerprint density at radius 1 is 1.04 bits per heavy atom. The van der Waals surface area contributed by atoms with Crippen LogP contribution in [-0.4, -0.2) is 111 Å². The average molecular weight is 370 g/mol. The van der Waals surface area contributed by atoms with Crippen LogP contribution in [0.4, 0.5) is 0 Å². The van der Waals surface area contributed by atoms with Gasteiger partial charge in [0, 0.05) is 32.2 Å². The third kappa shape index (κ3) is 5.63. The number of aliphatic hydroxyl groups is 1. The largest absolute Gasteiger partial charge is 0.394 e. The van der Waals surface area contributed by atoms with Gasteiger partial charge in [0.1, 0.15) is 0 Å². The first kappa shape index (κ1) is 20.0. The van der Waals surface area contributed by atoms with E-state index in [0.717, 1.165) is 58.7 Å². The molecule has 1 atom stereocenters. The predicted molar refractivity (Wildman–Crippen MR) is 99.1 cm³/mol. The van der Waals surface area contributed by atoms with Crippen LogP contribution in [-0.2, 0) is 14.3 Å². The Kier molecular flexibility index (Phi) is 8.13. The Morgan fingerprint density at radius 2 is 1.81 bits per heavy atom. The van der Waals surface area contributed by atoms with Gasteiger partial charge in [0.15, 0.2) is 0 Å². The summed E-state index contributed by atoms with van der Waals surface area (Å²) in [6, 6.07) is 0.616. The molecule has 150 valence electrons. The van der Waals surface area contributed by atoms with E-state index in [1.54, 1.807) is 0 Å². The quantitative estimate of drug-likeness (QED) is 0.639. The van der Waals surface area contributed by atoms with E-state index in [0.29, 0.717) is 38.4 Å². The maximum absolute atomic E-state index is 12.8. The molecule has 7 heteroatoms. The van der Waals surface area contributed by atoms with Crippen molar-refractivity contribution < 1.29 is 19.4 Å². The van der Waals surface area contributed by atoms with Gasteiger partial charge in [0.25, 0.3) is 0 Å². The van der Waals surface area contributed by atoms with Gasteiger partial charge in [0.05, 0.1) is 39.0 Å². The first-order chi connectivity index (χ1) is 12.8. The number of hydrogen-bond acceptors (Lipinski definition) is 6. The molecule has 0 aliphatic carbocycles. The number of amides is 1. The molecule has 0 aromatic heterocycles. The summed E-state index contributed by atoms with van der Waals surface area (Å²) < 4.78 is 10.7. The minimum absolute atomic E-state index is 0.0986. The maximum Gasteiger partial charge on any atom is 0.227 e. The minimum Gasteiger partial charge on any atom is -0.394 e. The number of morpholine rings is 1. The number of rotatable bonds is 7. The van der Waals surface area contributed by atoms with Gasteiger partial charge < -0.3 is 24.4 Å². The van der Waals surface area contributed by atoms with E-state index in [1.807, 2.05) is 4.90 Å². The molecule has 0 aromatic carbocycles. The molecule has 3 aliphatic rings. The van der Waals surface area contributed by atoms with Crippen molar-refractivity contribution in [3.63, 3.8) is 0 Å². The van der Waals surface area contributed by atoms with Crippen LogP contribution in [0.15, 0.2) is 0 Å². The molecular weight excluding hydrogens is 334 g/mol. The van der Waals surface area contributed by atoms with Crippen LogP contribution in [0.25, 0.3) is 0 Å². The van der Waals surface area contributed by atoms with Crippen LogP contribution in [0.3, 0.4) is 0 Å². The molecule has 1 N–H and O–H groups in total. The highest BCUT2D eigenvalue weighted by Gasteiger charge is 2.33.